The highest BCUT2D eigenvalue weighted by Crippen LogP contribution is 2.41. The summed E-state index contributed by atoms with van der Waals surface area (Å²) >= 11 is 0. The maximum absolute atomic E-state index is 13.9. The second-order valence-corrected chi connectivity index (χ2v) is 12.5. The molecule has 192 valence electrons. The minimum absolute atomic E-state index is 0.0788. The molecule has 3 aromatic carbocycles. The van der Waals surface area contributed by atoms with Crippen molar-refractivity contribution in [1.82, 2.24) is 0 Å². The van der Waals surface area contributed by atoms with E-state index in [0.29, 0.717) is 12.1 Å². The molecule has 3 aromatic rings. The van der Waals surface area contributed by atoms with Crippen molar-refractivity contribution in [2.45, 2.75) is 33.4 Å². The van der Waals surface area contributed by atoms with Crippen molar-refractivity contribution in [1.29, 1.82) is 0 Å². The Labute approximate surface area is 207 Å². The zero-order chi connectivity index (χ0) is 26.7. The van der Waals surface area contributed by atoms with Gasteiger partial charge >= 0.3 is 12.1 Å². The van der Waals surface area contributed by atoms with Crippen LogP contribution in [-0.2, 0) is 35.4 Å². The SMILES string of the molecule is COC(=O)[C@@H](C)[C@@H](c1ccc(C(F)(F)F)cc1)C(S(=O)(=O)c1ccccc1)S(=O)(=O)c1ccccc1. The first-order valence-electron chi connectivity index (χ1n) is 10.6. The van der Waals surface area contributed by atoms with E-state index in [1.165, 1.54) is 55.5 Å². The van der Waals surface area contributed by atoms with Crippen LogP contribution in [0.5, 0.6) is 0 Å². The molecule has 2 atom stereocenters. The van der Waals surface area contributed by atoms with E-state index >= 15 is 0 Å². The Kier molecular flexibility index (Phi) is 7.94. The third-order valence-corrected chi connectivity index (χ3v) is 11.0. The highest BCUT2D eigenvalue weighted by Gasteiger charge is 2.49. The largest absolute Gasteiger partial charge is 0.469 e. The monoisotopic (exact) mass is 540 g/mol. The lowest BCUT2D eigenvalue weighted by molar-refractivity contribution is -0.145. The van der Waals surface area contributed by atoms with E-state index in [0.717, 1.165) is 19.2 Å². The molecule has 0 bridgehead atoms. The standard InChI is InChI=1S/C25H23F3O6S2/c1-17(23(29)34-2)22(18-13-15-19(16-14-18)25(26,27)28)24(35(30,31)20-9-5-3-6-10-20)36(32,33)21-11-7-4-8-12-21/h3-17,22,24H,1-2H3/t17-,22-/m0/s1. The molecule has 36 heavy (non-hydrogen) atoms. The van der Waals surface area contributed by atoms with E-state index in [-0.39, 0.29) is 15.4 Å². The molecule has 0 heterocycles. The van der Waals surface area contributed by atoms with Crippen molar-refractivity contribution in [2.24, 2.45) is 5.92 Å². The summed E-state index contributed by atoms with van der Waals surface area (Å²) in [6.45, 7) is 1.28. The first-order chi connectivity index (χ1) is 16.8. The van der Waals surface area contributed by atoms with Gasteiger partial charge in [-0.1, -0.05) is 55.5 Å². The molecule has 0 fully saturated rings. The molecule has 0 saturated carbocycles. The molecule has 0 radical (unpaired) electrons. The van der Waals surface area contributed by atoms with Gasteiger partial charge in [-0.2, -0.15) is 13.2 Å². The summed E-state index contributed by atoms with van der Waals surface area (Å²) in [5.41, 5.74) is -1.09. The summed E-state index contributed by atoms with van der Waals surface area (Å²) in [5.74, 6) is -3.87. The summed E-state index contributed by atoms with van der Waals surface area (Å²) in [6.07, 6.45) is -4.67. The van der Waals surface area contributed by atoms with Gasteiger partial charge in [0.05, 0.1) is 28.4 Å². The normalized spacial score (nSPS) is 14.3. The van der Waals surface area contributed by atoms with Crippen molar-refractivity contribution in [3.63, 3.8) is 0 Å². The molecule has 11 heteroatoms. The van der Waals surface area contributed by atoms with Crippen LogP contribution in [0, 0.1) is 5.92 Å². The molecule has 0 amide bonds. The third kappa shape index (κ3) is 5.46. The number of sulfone groups is 2. The zero-order valence-corrected chi connectivity index (χ0v) is 20.8. The molecule has 0 aliphatic rings. The number of halogens is 3. The molecule has 0 spiro atoms. The summed E-state index contributed by atoms with van der Waals surface area (Å²) < 4.78 is 97.6. The quantitative estimate of drug-likeness (QED) is 0.379. The van der Waals surface area contributed by atoms with E-state index in [2.05, 4.69) is 0 Å². The Morgan fingerprint density at radius 2 is 1.17 bits per heavy atom. The second kappa shape index (κ2) is 10.4. The topological polar surface area (TPSA) is 94.6 Å². The van der Waals surface area contributed by atoms with Crippen molar-refractivity contribution in [3.05, 3.63) is 96.1 Å². The lowest BCUT2D eigenvalue weighted by atomic mass is 9.88. The van der Waals surface area contributed by atoms with Gasteiger partial charge in [0, 0.05) is 5.92 Å². The lowest BCUT2D eigenvalue weighted by Gasteiger charge is -2.31. The van der Waals surface area contributed by atoms with Crippen LogP contribution in [0.1, 0.15) is 24.0 Å². The molecule has 0 N–H and O–H groups in total. The molecule has 0 aromatic heterocycles. The predicted molar refractivity (Wildman–Crippen MR) is 126 cm³/mol. The number of esters is 1. The van der Waals surface area contributed by atoms with E-state index in [4.69, 9.17) is 4.74 Å². The Bertz CT molecular complexity index is 1330. The Morgan fingerprint density at radius 1 is 0.750 bits per heavy atom. The molecular formula is C25H23F3O6S2. The molecule has 0 aliphatic carbocycles. The fourth-order valence-corrected chi connectivity index (χ4v) is 9.12. The number of hydrogen-bond donors (Lipinski definition) is 0. The fourth-order valence-electron chi connectivity index (χ4n) is 3.95. The molecule has 0 saturated heterocycles. The maximum Gasteiger partial charge on any atom is 0.416 e. The molecule has 0 aliphatic heterocycles. The van der Waals surface area contributed by atoms with Gasteiger partial charge in [-0.05, 0) is 42.0 Å². The summed E-state index contributed by atoms with van der Waals surface area (Å²) in [4.78, 5) is 12.0. The van der Waals surface area contributed by atoms with Gasteiger partial charge in [0.1, 0.15) is 0 Å². The molecule has 3 rings (SSSR count). The summed E-state index contributed by atoms with van der Waals surface area (Å²) in [7, 11) is -8.34. The molecule has 0 unspecified atom stereocenters. The molecule has 6 nitrogen and oxygen atoms in total. The number of hydrogen-bond acceptors (Lipinski definition) is 6. The minimum atomic E-state index is -4.70. The number of carbonyl (C=O) groups excluding carboxylic acids is 1. The first-order valence-corrected chi connectivity index (χ1v) is 13.7. The van der Waals surface area contributed by atoms with Crippen LogP contribution in [0.25, 0.3) is 0 Å². The van der Waals surface area contributed by atoms with Crippen LogP contribution in [0.2, 0.25) is 0 Å². The third-order valence-electron chi connectivity index (χ3n) is 5.78. The summed E-state index contributed by atoms with van der Waals surface area (Å²) in [5, 5.41) is 0. The number of ether oxygens (including phenoxy) is 1. The Morgan fingerprint density at radius 3 is 1.53 bits per heavy atom. The van der Waals surface area contributed by atoms with Crippen LogP contribution >= 0.6 is 0 Å². The van der Waals surface area contributed by atoms with Crippen molar-refractivity contribution >= 4 is 25.6 Å². The number of carbonyl (C=O) groups is 1. The number of methoxy groups -OCH3 is 1. The fraction of sp³-hybridized carbons (Fsp3) is 0.240. The number of benzene rings is 3. The van der Waals surface area contributed by atoms with Crippen LogP contribution in [0.3, 0.4) is 0 Å². The van der Waals surface area contributed by atoms with Gasteiger partial charge in [0.25, 0.3) is 0 Å². The zero-order valence-electron chi connectivity index (χ0n) is 19.2. The Hall–Kier alpha value is -3.18. The highest BCUT2D eigenvalue weighted by molar-refractivity contribution is 8.09. The van der Waals surface area contributed by atoms with E-state index in [9.17, 15) is 34.8 Å². The van der Waals surface area contributed by atoms with Gasteiger partial charge in [0.2, 0.25) is 0 Å². The van der Waals surface area contributed by atoms with Gasteiger partial charge in [-0.15, -0.1) is 0 Å². The average molecular weight is 541 g/mol. The van der Waals surface area contributed by atoms with Gasteiger partial charge in [-0.3, -0.25) is 4.79 Å². The van der Waals surface area contributed by atoms with Crippen molar-refractivity contribution in [3.8, 4) is 0 Å². The predicted octanol–water partition coefficient (Wildman–Crippen LogP) is 4.87. The van der Waals surface area contributed by atoms with Gasteiger partial charge in [-0.25, -0.2) is 16.8 Å². The van der Waals surface area contributed by atoms with Crippen LogP contribution in [0.15, 0.2) is 94.7 Å². The van der Waals surface area contributed by atoms with Crippen LogP contribution in [0.4, 0.5) is 13.2 Å². The highest BCUT2D eigenvalue weighted by atomic mass is 32.3. The maximum atomic E-state index is 13.9. The summed E-state index contributed by atoms with van der Waals surface area (Å²) in [6, 6.07) is 17.0. The Balaban J connectivity index is 2.35. The second-order valence-electron chi connectivity index (χ2n) is 8.04. The average Bonchev–Trinajstić information content (AvgIpc) is 2.86. The van der Waals surface area contributed by atoms with Crippen molar-refractivity contribution < 1.29 is 39.5 Å². The lowest BCUT2D eigenvalue weighted by Crippen LogP contribution is -2.41. The van der Waals surface area contributed by atoms with E-state index < -0.39 is 53.8 Å². The number of alkyl halides is 3. The first kappa shape index (κ1) is 27.4. The van der Waals surface area contributed by atoms with Gasteiger partial charge in [0.15, 0.2) is 24.3 Å². The van der Waals surface area contributed by atoms with E-state index in [1.807, 2.05) is 0 Å². The van der Waals surface area contributed by atoms with Crippen molar-refractivity contribution in [2.75, 3.05) is 7.11 Å². The number of rotatable bonds is 8. The smallest absolute Gasteiger partial charge is 0.416 e. The minimum Gasteiger partial charge on any atom is -0.469 e. The van der Waals surface area contributed by atoms with Crippen LogP contribution < -0.4 is 0 Å². The van der Waals surface area contributed by atoms with E-state index in [1.54, 1.807) is 12.1 Å². The molecular weight excluding hydrogens is 517 g/mol. The van der Waals surface area contributed by atoms with Crippen LogP contribution in [-0.4, -0.2) is 34.5 Å². The van der Waals surface area contributed by atoms with Gasteiger partial charge < -0.3 is 4.74 Å².